The molecule has 0 radical (unpaired) electrons. The fourth-order valence-corrected chi connectivity index (χ4v) is 2.56. The molecule has 18 heavy (non-hydrogen) atoms. The maximum absolute atomic E-state index is 11.4. The molecule has 2 atom stereocenters. The van der Waals surface area contributed by atoms with Crippen LogP contribution in [0.5, 0.6) is 17.2 Å². The Bertz CT molecular complexity index is 496. The lowest BCUT2D eigenvalue weighted by atomic mass is 9.92. The van der Waals surface area contributed by atoms with Crippen molar-refractivity contribution >= 4 is 5.97 Å². The molecule has 1 fully saturated rings. The van der Waals surface area contributed by atoms with Gasteiger partial charge in [0.1, 0.15) is 11.9 Å². The van der Waals surface area contributed by atoms with Gasteiger partial charge < -0.3 is 18.9 Å². The predicted molar refractivity (Wildman–Crippen MR) is 62.0 cm³/mol. The van der Waals surface area contributed by atoms with Crippen molar-refractivity contribution in [2.45, 2.75) is 12.5 Å². The summed E-state index contributed by atoms with van der Waals surface area (Å²) in [6.45, 7) is 0.465. The first-order chi connectivity index (χ1) is 8.74. The third kappa shape index (κ3) is 1.50. The molecular weight excluding hydrogens is 236 g/mol. The van der Waals surface area contributed by atoms with E-state index in [9.17, 15) is 4.79 Å². The number of carbonyl (C=O) groups is 1. The molecule has 0 N–H and O–H groups in total. The molecule has 0 aliphatic carbocycles. The summed E-state index contributed by atoms with van der Waals surface area (Å²) < 4.78 is 21.7. The van der Waals surface area contributed by atoms with Crippen molar-refractivity contribution in [1.82, 2.24) is 0 Å². The smallest absolute Gasteiger partial charge is 0.306 e. The van der Waals surface area contributed by atoms with Crippen LogP contribution in [0, 0.1) is 5.92 Å². The minimum Gasteiger partial charge on any atom is -0.496 e. The fourth-order valence-electron chi connectivity index (χ4n) is 2.56. The van der Waals surface area contributed by atoms with Crippen molar-refractivity contribution in [1.29, 1.82) is 0 Å². The number of hydrogen-bond donors (Lipinski definition) is 0. The van der Waals surface area contributed by atoms with Crippen LogP contribution in [0.4, 0.5) is 0 Å². The highest BCUT2D eigenvalue weighted by molar-refractivity contribution is 5.73. The Labute approximate surface area is 105 Å². The molecular formula is C13H14O5. The summed E-state index contributed by atoms with van der Waals surface area (Å²) in [7, 11) is 3.17. The van der Waals surface area contributed by atoms with Crippen LogP contribution in [-0.4, -0.2) is 26.8 Å². The predicted octanol–water partition coefficient (Wildman–Crippen LogP) is 1.70. The molecule has 5 nitrogen and oxygen atoms in total. The summed E-state index contributed by atoms with van der Waals surface area (Å²) in [5.74, 6) is 1.78. The molecule has 2 aliphatic heterocycles. The minimum atomic E-state index is -0.286. The van der Waals surface area contributed by atoms with Crippen molar-refractivity contribution < 1.29 is 23.7 Å². The van der Waals surface area contributed by atoms with Crippen LogP contribution in [0.1, 0.15) is 18.1 Å². The van der Waals surface area contributed by atoms with Crippen LogP contribution in [0.3, 0.4) is 0 Å². The Morgan fingerprint density at radius 2 is 1.94 bits per heavy atom. The summed E-state index contributed by atoms with van der Waals surface area (Å²) in [6, 6.07) is 3.59. The van der Waals surface area contributed by atoms with Gasteiger partial charge in [0, 0.05) is 5.92 Å². The molecule has 2 aliphatic rings. The molecule has 0 saturated carbocycles. The highest BCUT2D eigenvalue weighted by Gasteiger charge is 2.43. The standard InChI is InChI=1S/C13H14O5/c1-15-8-3-4-9(16-2)13-11(8)12-7(6-17-13)5-10(14)18-12/h3-4,7,12H,5-6H2,1-2H3/t7-,12-/m0/s1. The number of esters is 1. The van der Waals surface area contributed by atoms with E-state index in [4.69, 9.17) is 18.9 Å². The molecule has 1 saturated heterocycles. The van der Waals surface area contributed by atoms with Gasteiger partial charge in [0.2, 0.25) is 0 Å². The van der Waals surface area contributed by atoms with Crippen molar-refractivity contribution in [2.24, 2.45) is 5.92 Å². The van der Waals surface area contributed by atoms with E-state index >= 15 is 0 Å². The average molecular weight is 250 g/mol. The molecule has 2 heterocycles. The summed E-state index contributed by atoms with van der Waals surface area (Å²) >= 11 is 0. The zero-order valence-corrected chi connectivity index (χ0v) is 10.3. The Hall–Kier alpha value is -1.91. The van der Waals surface area contributed by atoms with Gasteiger partial charge in [0.25, 0.3) is 0 Å². The monoisotopic (exact) mass is 250 g/mol. The number of benzene rings is 1. The fraction of sp³-hybridized carbons (Fsp3) is 0.462. The van der Waals surface area contributed by atoms with E-state index < -0.39 is 0 Å². The van der Waals surface area contributed by atoms with Gasteiger partial charge >= 0.3 is 5.97 Å². The molecule has 5 heteroatoms. The molecule has 1 aromatic carbocycles. The van der Waals surface area contributed by atoms with Crippen LogP contribution in [0.15, 0.2) is 12.1 Å². The van der Waals surface area contributed by atoms with E-state index in [2.05, 4.69) is 0 Å². The number of carbonyl (C=O) groups excluding carboxylic acids is 1. The number of hydrogen-bond acceptors (Lipinski definition) is 5. The molecule has 1 aromatic rings. The summed E-state index contributed by atoms with van der Waals surface area (Å²) in [5.41, 5.74) is 0.777. The van der Waals surface area contributed by atoms with Gasteiger partial charge in [-0.1, -0.05) is 0 Å². The van der Waals surface area contributed by atoms with E-state index in [1.165, 1.54) is 0 Å². The molecule has 0 aromatic heterocycles. The third-order valence-electron chi connectivity index (χ3n) is 3.40. The summed E-state index contributed by atoms with van der Waals surface area (Å²) in [6.07, 6.45) is 0.107. The number of fused-ring (bicyclic) bond motifs is 3. The Morgan fingerprint density at radius 3 is 2.67 bits per heavy atom. The first-order valence-electron chi connectivity index (χ1n) is 5.81. The van der Waals surface area contributed by atoms with Crippen molar-refractivity contribution in [2.75, 3.05) is 20.8 Å². The van der Waals surface area contributed by atoms with Gasteiger partial charge in [-0.2, -0.15) is 0 Å². The maximum Gasteiger partial charge on any atom is 0.306 e. The number of ether oxygens (including phenoxy) is 4. The quantitative estimate of drug-likeness (QED) is 0.748. The SMILES string of the molecule is COc1ccc(OC)c2c1OC[C@@H]1CC(=O)O[C@H]21. The van der Waals surface area contributed by atoms with Crippen LogP contribution in [0.25, 0.3) is 0 Å². The molecule has 0 spiro atoms. The van der Waals surface area contributed by atoms with Gasteiger partial charge in [0.05, 0.1) is 32.8 Å². The van der Waals surface area contributed by atoms with Crippen molar-refractivity contribution in [3.8, 4) is 17.2 Å². The lowest BCUT2D eigenvalue weighted by molar-refractivity contribution is -0.142. The first-order valence-corrected chi connectivity index (χ1v) is 5.81. The maximum atomic E-state index is 11.4. The molecule has 0 amide bonds. The van der Waals surface area contributed by atoms with Gasteiger partial charge in [-0.3, -0.25) is 4.79 Å². The third-order valence-corrected chi connectivity index (χ3v) is 3.40. The lowest BCUT2D eigenvalue weighted by Gasteiger charge is -2.29. The summed E-state index contributed by atoms with van der Waals surface area (Å²) in [5, 5.41) is 0. The highest BCUT2D eigenvalue weighted by Crippen LogP contribution is 2.51. The van der Waals surface area contributed by atoms with Gasteiger partial charge in [-0.05, 0) is 12.1 Å². The largest absolute Gasteiger partial charge is 0.496 e. The van der Waals surface area contributed by atoms with Crippen LogP contribution in [0.2, 0.25) is 0 Å². The second-order valence-electron chi connectivity index (χ2n) is 4.40. The second kappa shape index (κ2) is 4.08. The molecule has 96 valence electrons. The van der Waals surface area contributed by atoms with E-state index in [0.717, 1.165) is 5.56 Å². The van der Waals surface area contributed by atoms with E-state index in [-0.39, 0.29) is 18.0 Å². The van der Waals surface area contributed by atoms with Gasteiger partial charge in [-0.25, -0.2) is 0 Å². The molecule has 0 unspecified atom stereocenters. The normalized spacial score (nSPS) is 24.7. The Kier molecular flexibility index (Phi) is 2.54. The van der Waals surface area contributed by atoms with E-state index in [1.807, 2.05) is 0 Å². The first kappa shape index (κ1) is 11.2. The Morgan fingerprint density at radius 1 is 1.22 bits per heavy atom. The van der Waals surface area contributed by atoms with E-state index in [1.54, 1.807) is 26.4 Å². The van der Waals surface area contributed by atoms with Crippen molar-refractivity contribution in [3.63, 3.8) is 0 Å². The number of methoxy groups -OCH3 is 2. The summed E-state index contributed by atoms with van der Waals surface area (Å²) in [4.78, 5) is 11.4. The highest BCUT2D eigenvalue weighted by atomic mass is 16.6. The molecule has 0 bridgehead atoms. The molecule has 3 rings (SSSR count). The minimum absolute atomic E-state index is 0.0611. The topological polar surface area (TPSA) is 54.0 Å². The Balaban J connectivity index is 2.13. The van der Waals surface area contributed by atoms with Crippen LogP contribution >= 0.6 is 0 Å². The zero-order valence-electron chi connectivity index (χ0n) is 10.3. The van der Waals surface area contributed by atoms with Crippen LogP contribution in [-0.2, 0) is 9.53 Å². The average Bonchev–Trinajstić information content (AvgIpc) is 2.77. The van der Waals surface area contributed by atoms with Gasteiger partial charge in [0.15, 0.2) is 11.5 Å². The van der Waals surface area contributed by atoms with E-state index in [0.29, 0.717) is 30.3 Å². The lowest BCUT2D eigenvalue weighted by Crippen LogP contribution is -2.23. The second-order valence-corrected chi connectivity index (χ2v) is 4.40. The van der Waals surface area contributed by atoms with Gasteiger partial charge in [-0.15, -0.1) is 0 Å². The zero-order chi connectivity index (χ0) is 12.7. The van der Waals surface area contributed by atoms with Crippen LogP contribution < -0.4 is 14.2 Å². The van der Waals surface area contributed by atoms with Crippen molar-refractivity contribution in [3.05, 3.63) is 17.7 Å². The number of rotatable bonds is 2.